The predicted octanol–water partition coefficient (Wildman–Crippen LogP) is 0.187. The van der Waals surface area contributed by atoms with Crippen molar-refractivity contribution in [3.8, 4) is 0 Å². The summed E-state index contributed by atoms with van der Waals surface area (Å²) in [6.07, 6.45) is 4.87. The first-order chi connectivity index (χ1) is 8.84. The summed E-state index contributed by atoms with van der Waals surface area (Å²) >= 11 is 0. The third-order valence-corrected chi connectivity index (χ3v) is 5.47. The lowest BCUT2D eigenvalue weighted by Gasteiger charge is -2.23. The molecule has 1 fully saturated rings. The van der Waals surface area contributed by atoms with Gasteiger partial charge in [0.25, 0.3) is 0 Å². The summed E-state index contributed by atoms with van der Waals surface area (Å²) in [7, 11) is -2.07. The first-order valence-corrected chi connectivity index (χ1v) is 7.54. The Labute approximate surface area is 111 Å². The van der Waals surface area contributed by atoms with E-state index in [4.69, 9.17) is 5.11 Å². The lowest BCUT2D eigenvalue weighted by atomic mass is 10.5. The van der Waals surface area contributed by atoms with Crippen molar-refractivity contribution in [1.29, 1.82) is 0 Å². The molecule has 0 saturated heterocycles. The van der Waals surface area contributed by atoms with E-state index in [0.29, 0.717) is 5.82 Å². The van der Waals surface area contributed by atoms with Gasteiger partial charge in [-0.05, 0) is 19.8 Å². The van der Waals surface area contributed by atoms with Gasteiger partial charge in [-0.25, -0.2) is 13.4 Å². The monoisotopic (exact) mass is 287 g/mol. The fourth-order valence-electron chi connectivity index (χ4n) is 1.81. The van der Waals surface area contributed by atoms with Crippen LogP contribution in [-0.4, -0.2) is 44.6 Å². The average Bonchev–Trinajstić information content (AvgIpc) is 3.09. The molecule has 1 aliphatic carbocycles. The fraction of sp³-hybridized carbons (Fsp3) is 0.636. The first kappa shape index (κ1) is 14.0. The lowest BCUT2D eigenvalue weighted by Crippen LogP contribution is -2.42. The van der Waals surface area contributed by atoms with E-state index in [2.05, 4.69) is 4.98 Å². The molecular weight excluding hydrogens is 270 g/mol. The van der Waals surface area contributed by atoms with Gasteiger partial charge in [-0.3, -0.25) is 4.79 Å². The predicted molar refractivity (Wildman–Crippen MR) is 67.8 cm³/mol. The molecule has 1 atom stereocenters. The van der Waals surface area contributed by atoms with E-state index in [-0.39, 0.29) is 12.6 Å². The zero-order chi connectivity index (χ0) is 14.2. The number of aromatic nitrogens is 2. The SMILES string of the molecule is CC(C(=O)O)S(=O)(=O)N(Cc1nccn1C)C1CC1. The molecule has 0 amide bonds. The van der Waals surface area contributed by atoms with Gasteiger partial charge in [0.1, 0.15) is 5.82 Å². The number of imidazole rings is 1. The van der Waals surface area contributed by atoms with Crippen molar-refractivity contribution >= 4 is 16.0 Å². The molecule has 7 nitrogen and oxygen atoms in total. The van der Waals surface area contributed by atoms with Crippen LogP contribution in [0.4, 0.5) is 0 Å². The Hall–Kier alpha value is -1.41. The van der Waals surface area contributed by atoms with Crippen LogP contribution in [0.2, 0.25) is 0 Å². The van der Waals surface area contributed by atoms with Gasteiger partial charge >= 0.3 is 5.97 Å². The molecule has 19 heavy (non-hydrogen) atoms. The molecular formula is C11H17N3O4S. The minimum Gasteiger partial charge on any atom is -0.480 e. The van der Waals surface area contributed by atoms with Crippen LogP contribution < -0.4 is 0 Å². The number of hydrogen-bond donors (Lipinski definition) is 1. The van der Waals surface area contributed by atoms with E-state index in [9.17, 15) is 13.2 Å². The second-order valence-corrected chi connectivity index (χ2v) is 6.96. The van der Waals surface area contributed by atoms with E-state index in [1.807, 2.05) is 0 Å². The maximum atomic E-state index is 12.3. The number of rotatable bonds is 6. The van der Waals surface area contributed by atoms with Gasteiger partial charge in [-0.2, -0.15) is 4.31 Å². The van der Waals surface area contributed by atoms with Crippen molar-refractivity contribution in [2.45, 2.75) is 37.6 Å². The minimum atomic E-state index is -3.85. The van der Waals surface area contributed by atoms with Crippen molar-refractivity contribution in [3.05, 3.63) is 18.2 Å². The summed E-state index contributed by atoms with van der Waals surface area (Å²) in [5, 5.41) is 7.49. The summed E-state index contributed by atoms with van der Waals surface area (Å²) in [5.74, 6) is -0.724. The molecule has 0 spiro atoms. The Morgan fingerprint density at radius 1 is 1.63 bits per heavy atom. The van der Waals surface area contributed by atoms with Crippen LogP contribution in [-0.2, 0) is 28.4 Å². The quantitative estimate of drug-likeness (QED) is 0.806. The molecule has 1 heterocycles. The smallest absolute Gasteiger partial charge is 0.323 e. The van der Waals surface area contributed by atoms with Gasteiger partial charge < -0.3 is 9.67 Å². The highest BCUT2D eigenvalue weighted by molar-refractivity contribution is 7.90. The summed E-state index contributed by atoms with van der Waals surface area (Å²) in [6.45, 7) is 1.32. The molecule has 1 aromatic heterocycles. The number of hydrogen-bond acceptors (Lipinski definition) is 4. The van der Waals surface area contributed by atoms with Crippen LogP contribution in [0.5, 0.6) is 0 Å². The maximum Gasteiger partial charge on any atom is 0.323 e. The van der Waals surface area contributed by atoms with Gasteiger partial charge in [0.15, 0.2) is 5.25 Å². The topological polar surface area (TPSA) is 92.5 Å². The fourth-order valence-corrected chi connectivity index (χ4v) is 3.39. The van der Waals surface area contributed by atoms with Gasteiger partial charge in [-0.15, -0.1) is 0 Å². The van der Waals surface area contributed by atoms with Gasteiger partial charge in [-0.1, -0.05) is 0 Å². The summed E-state index contributed by atoms with van der Waals surface area (Å²) < 4.78 is 27.6. The van der Waals surface area contributed by atoms with Crippen LogP contribution in [0.1, 0.15) is 25.6 Å². The van der Waals surface area contributed by atoms with E-state index in [1.54, 1.807) is 24.0 Å². The summed E-state index contributed by atoms with van der Waals surface area (Å²) in [5.41, 5.74) is 0. The summed E-state index contributed by atoms with van der Waals surface area (Å²) in [4.78, 5) is 15.0. The largest absolute Gasteiger partial charge is 0.480 e. The van der Waals surface area contributed by atoms with Crippen LogP contribution in [0.3, 0.4) is 0 Å². The third-order valence-electron chi connectivity index (χ3n) is 3.29. The first-order valence-electron chi connectivity index (χ1n) is 6.03. The normalized spacial score (nSPS) is 17.6. The Kier molecular flexibility index (Phi) is 3.64. The van der Waals surface area contributed by atoms with Crippen molar-refractivity contribution < 1.29 is 18.3 Å². The van der Waals surface area contributed by atoms with E-state index < -0.39 is 21.2 Å². The number of carboxylic acids is 1. The number of carboxylic acid groups (broad SMARTS) is 1. The maximum absolute atomic E-state index is 12.3. The van der Waals surface area contributed by atoms with Crippen LogP contribution in [0, 0.1) is 0 Å². The molecule has 1 aliphatic rings. The number of nitrogens with zero attached hydrogens (tertiary/aromatic N) is 3. The molecule has 0 aliphatic heterocycles. The standard InChI is InChI=1S/C11H17N3O4S/c1-8(11(15)16)19(17,18)14(9-3-4-9)7-10-12-5-6-13(10)2/h5-6,8-9H,3-4,7H2,1-2H3,(H,15,16). The van der Waals surface area contributed by atoms with Gasteiger partial charge in [0.2, 0.25) is 10.0 Å². The lowest BCUT2D eigenvalue weighted by molar-refractivity contribution is -0.136. The molecule has 1 aromatic rings. The Bertz CT molecular complexity index is 577. The number of sulfonamides is 1. The van der Waals surface area contributed by atoms with Crippen LogP contribution in [0.25, 0.3) is 0 Å². The van der Waals surface area contributed by atoms with Gasteiger partial charge in [0, 0.05) is 25.5 Å². The van der Waals surface area contributed by atoms with E-state index in [0.717, 1.165) is 12.8 Å². The Morgan fingerprint density at radius 2 is 2.26 bits per heavy atom. The van der Waals surface area contributed by atoms with Crippen molar-refractivity contribution in [1.82, 2.24) is 13.9 Å². The number of aryl methyl sites for hydroxylation is 1. The second kappa shape index (κ2) is 4.93. The zero-order valence-corrected chi connectivity index (χ0v) is 11.7. The molecule has 0 aromatic carbocycles. The van der Waals surface area contributed by atoms with Crippen LogP contribution in [0.15, 0.2) is 12.4 Å². The molecule has 8 heteroatoms. The molecule has 1 unspecified atom stereocenters. The third kappa shape index (κ3) is 2.79. The second-order valence-electron chi connectivity index (χ2n) is 4.76. The van der Waals surface area contributed by atoms with Crippen LogP contribution >= 0.6 is 0 Å². The minimum absolute atomic E-state index is 0.0940. The number of carbonyl (C=O) groups is 1. The molecule has 106 valence electrons. The highest BCUT2D eigenvalue weighted by Crippen LogP contribution is 2.32. The molecule has 2 rings (SSSR count). The molecule has 0 radical (unpaired) electrons. The van der Waals surface area contributed by atoms with Crippen molar-refractivity contribution in [3.63, 3.8) is 0 Å². The number of aliphatic carboxylic acids is 1. The summed E-state index contributed by atoms with van der Waals surface area (Å²) in [6, 6.07) is -0.0940. The Balaban J connectivity index is 2.26. The molecule has 0 bridgehead atoms. The van der Waals surface area contributed by atoms with Crippen molar-refractivity contribution in [2.75, 3.05) is 0 Å². The van der Waals surface area contributed by atoms with E-state index >= 15 is 0 Å². The average molecular weight is 287 g/mol. The van der Waals surface area contributed by atoms with Crippen molar-refractivity contribution in [2.24, 2.45) is 7.05 Å². The highest BCUT2D eigenvalue weighted by atomic mass is 32.2. The highest BCUT2D eigenvalue weighted by Gasteiger charge is 2.42. The Morgan fingerprint density at radius 3 is 2.68 bits per heavy atom. The molecule has 1 N–H and O–H groups in total. The zero-order valence-electron chi connectivity index (χ0n) is 10.9. The van der Waals surface area contributed by atoms with E-state index in [1.165, 1.54) is 11.2 Å². The van der Waals surface area contributed by atoms with Gasteiger partial charge in [0.05, 0.1) is 6.54 Å². The molecule has 1 saturated carbocycles.